The molecular formula is C19H24N2O4. The molecule has 0 aromatic heterocycles. The van der Waals surface area contributed by atoms with E-state index in [0.29, 0.717) is 5.69 Å². The fourth-order valence-corrected chi connectivity index (χ4v) is 2.28. The van der Waals surface area contributed by atoms with E-state index < -0.39 is 17.7 Å². The summed E-state index contributed by atoms with van der Waals surface area (Å²) in [7, 11) is 0. The van der Waals surface area contributed by atoms with Gasteiger partial charge in [-0.25, -0.2) is 9.59 Å². The van der Waals surface area contributed by atoms with Gasteiger partial charge in [-0.3, -0.25) is 5.32 Å². The Kier molecular flexibility index (Phi) is 5.85. The summed E-state index contributed by atoms with van der Waals surface area (Å²) < 4.78 is 10.3. The molecule has 0 aliphatic heterocycles. The lowest BCUT2D eigenvalue weighted by atomic mass is 10.1. The van der Waals surface area contributed by atoms with E-state index in [1.807, 2.05) is 42.5 Å². The molecule has 0 saturated carbocycles. The number of carbonyl (C=O) groups is 2. The first-order chi connectivity index (χ1) is 11.8. The van der Waals surface area contributed by atoms with Crippen LogP contribution in [0.3, 0.4) is 0 Å². The summed E-state index contributed by atoms with van der Waals surface area (Å²) in [6, 6.07) is 13.4. The van der Waals surface area contributed by atoms with Crippen molar-refractivity contribution >= 4 is 28.6 Å². The van der Waals surface area contributed by atoms with E-state index in [4.69, 9.17) is 9.47 Å². The van der Waals surface area contributed by atoms with Gasteiger partial charge in [0.25, 0.3) is 0 Å². The molecule has 0 unspecified atom stereocenters. The van der Waals surface area contributed by atoms with Crippen molar-refractivity contribution in [1.29, 1.82) is 0 Å². The minimum absolute atomic E-state index is 0.0107. The van der Waals surface area contributed by atoms with Crippen molar-refractivity contribution in [2.24, 2.45) is 0 Å². The molecule has 2 amide bonds. The van der Waals surface area contributed by atoms with E-state index in [9.17, 15) is 9.59 Å². The lowest BCUT2D eigenvalue weighted by molar-refractivity contribution is 0.0898. The summed E-state index contributed by atoms with van der Waals surface area (Å²) in [5, 5.41) is 7.37. The van der Waals surface area contributed by atoms with Crippen molar-refractivity contribution in [3.8, 4) is 0 Å². The number of anilines is 1. The zero-order chi connectivity index (χ0) is 18.4. The van der Waals surface area contributed by atoms with Crippen molar-refractivity contribution < 1.29 is 19.1 Å². The quantitative estimate of drug-likeness (QED) is 0.848. The largest absolute Gasteiger partial charge is 0.447 e. The minimum Gasteiger partial charge on any atom is -0.447 e. The lowest BCUT2D eigenvalue weighted by Gasteiger charge is -2.25. The maximum atomic E-state index is 12.1. The highest BCUT2D eigenvalue weighted by Gasteiger charge is 2.24. The van der Waals surface area contributed by atoms with Gasteiger partial charge in [0.2, 0.25) is 0 Å². The second kappa shape index (κ2) is 7.88. The maximum absolute atomic E-state index is 12.1. The SMILES string of the molecule is CC(C)OC(=O)NC(C)(C)COC(=O)Nc1cccc2ccccc12. The number of carbonyl (C=O) groups excluding carboxylic acids is 2. The van der Waals surface area contributed by atoms with Crippen LogP contribution in [0, 0.1) is 0 Å². The summed E-state index contributed by atoms with van der Waals surface area (Å²) in [4.78, 5) is 23.8. The summed E-state index contributed by atoms with van der Waals surface area (Å²) in [6.07, 6.45) is -1.34. The monoisotopic (exact) mass is 344 g/mol. The van der Waals surface area contributed by atoms with Crippen molar-refractivity contribution in [2.45, 2.75) is 39.3 Å². The molecule has 6 nitrogen and oxygen atoms in total. The molecule has 2 aromatic rings. The fraction of sp³-hybridized carbons (Fsp3) is 0.368. The molecule has 2 rings (SSSR count). The van der Waals surface area contributed by atoms with E-state index >= 15 is 0 Å². The predicted molar refractivity (Wildman–Crippen MR) is 97.8 cm³/mol. The third-order valence-corrected chi connectivity index (χ3v) is 3.37. The average molecular weight is 344 g/mol. The van der Waals surface area contributed by atoms with Crippen LogP contribution in [0.15, 0.2) is 42.5 Å². The molecule has 0 saturated heterocycles. The first-order valence-electron chi connectivity index (χ1n) is 8.17. The zero-order valence-electron chi connectivity index (χ0n) is 15.0. The first-order valence-corrected chi connectivity index (χ1v) is 8.17. The van der Waals surface area contributed by atoms with Gasteiger partial charge in [-0.05, 0) is 39.1 Å². The van der Waals surface area contributed by atoms with E-state index in [1.165, 1.54) is 0 Å². The Morgan fingerprint density at radius 1 is 1.04 bits per heavy atom. The molecule has 0 aliphatic rings. The van der Waals surface area contributed by atoms with Crippen LogP contribution in [-0.4, -0.2) is 30.4 Å². The normalized spacial score (nSPS) is 11.2. The molecule has 6 heteroatoms. The Labute approximate surface area is 147 Å². The molecule has 0 atom stereocenters. The highest BCUT2D eigenvalue weighted by molar-refractivity contribution is 6.00. The van der Waals surface area contributed by atoms with Gasteiger partial charge in [0.15, 0.2) is 0 Å². The highest BCUT2D eigenvalue weighted by Crippen LogP contribution is 2.23. The summed E-state index contributed by atoms with van der Waals surface area (Å²) >= 11 is 0. The fourth-order valence-electron chi connectivity index (χ4n) is 2.28. The summed E-state index contributed by atoms with van der Waals surface area (Å²) in [6.45, 7) is 7.04. The molecule has 2 N–H and O–H groups in total. The van der Waals surface area contributed by atoms with E-state index in [1.54, 1.807) is 27.7 Å². The van der Waals surface area contributed by atoms with Crippen LogP contribution in [-0.2, 0) is 9.47 Å². The second-order valence-corrected chi connectivity index (χ2v) is 6.69. The molecule has 0 bridgehead atoms. The van der Waals surface area contributed by atoms with Crippen LogP contribution in [0.25, 0.3) is 10.8 Å². The summed E-state index contributed by atoms with van der Waals surface area (Å²) in [5.74, 6) is 0. The van der Waals surface area contributed by atoms with Crippen molar-refractivity contribution in [3.05, 3.63) is 42.5 Å². The number of fused-ring (bicyclic) bond motifs is 1. The van der Waals surface area contributed by atoms with Gasteiger partial charge in [0, 0.05) is 5.39 Å². The molecule has 0 aliphatic carbocycles. The number of benzene rings is 2. The van der Waals surface area contributed by atoms with Gasteiger partial charge in [0.05, 0.1) is 17.3 Å². The zero-order valence-corrected chi connectivity index (χ0v) is 15.0. The van der Waals surface area contributed by atoms with E-state index in [2.05, 4.69) is 10.6 Å². The third kappa shape index (κ3) is 5.67. The highest BCUT2D eigenvalue weighted by atomic mass is 16.6. The maximum Gasteiger partial charge on any atom is 0.411 e. The Balaban J connectivity index is 1.92. The van der Waals surface area contributed by atoms with Gasteiger partial charge in [-0.2, -0.15) is 0 Å². The molecular weight excluding hydrogens is 320 g/mol. The van der Waals surface area contributed by atoms with Gasteiger partial charge in [-0.15, -0.1) is 0 Å². The standard InChI is InChI=1S/C19H24N2O4/c1-13(2)25-18(23)21-19(3,4)12-24-17(22)20-16-11-7-9-14-8-5-6-10-15(14)16/h5-11,13H,12H2,1-4H3,(H,20,22)(H,21,23). The number of rotatable bonds is 5. The van der Waals surface area contributed by atoms with Gasteiger partial charge >= 0.3 is 12.2 Å². The number of hydrogen-bond acceptors (Lipinski definition) is 4. The van der Waals surface area contributed by atoms with Gasteiger partial charge in [-0.1, -0.05) is 36.4 Å². The predicted octanol–water partition coefficient (Wildman–Crippen LogP) is 4.30. The van der Waals surface area contributed by atoms with Crippen LogP contribution >= 0.6 is 0 Å². The van der Waals surface area contributed by atoms with Crippen molar-refractivity contribution in [1.82, 2.24) is 5.32 Å². The summed E-state index contributed by atoms with van der Waals surface area (Å²) in [5.41, 5.74) is -0.0738. The van der Waals surface area contributed by atoms with E-state index in [0.717, 1.165) is 10.8 Å². The van der Waals surface area contributed by atoms with Crippen molar-refractivity contribution in [2.75, 3.05) is 11.9 Å². The first kappa shape index (κ1) is 18.6. The Hall–Kier alpha value is -2.76. The molecule has 2 aromatic carbocycles. The van der Waals surface area contributed by atoms with Crippen LogP contribution in [0.2, 0.25) is 0 Å². The molecule has 25 heavy (non-hydrogen) atoms. The Morgan fingerprint density at radius 3 is 2.44 bits per heavy atom. The minimum atomic E-state index is -0.748. The topological polar surface area (TPSA) is 76.7 Å². The van der Waals surface area contributed by atoms with Crippen LogP contribution in [0.5, 0.6) is 0 Å². The average Bonchev–Trinajstić information content (AvgIpc) is 2.52. The smallest absolute Gasteiger partial charge is 0.411 e. The molecule has 0 fully saturated rings. The Bertz CT molecular complexity index is 751. The number of hydrogen-bond donors (Lipinski definition) is 2. The molecule has 0 spiro atoms. The lowest BCUT2D eigenvalue weighted by Crippen LogP contribution is -2.48. The van der Waals surface area contributed by atoms with Gasteiger partial charge < -0.3 is 14.8 Å². The number of alkyl carbamates (subject to hydrolysis) is 1. The van der Waals surface area contributed by atoms with Crippen LogP contribution < -0.4 is 10.6 Å². The third-order valence-electron chi connectivity index (χ3n) is 3.37. The number of ether oxygens (including phenoxy) is 2. The second-order valence-electron chi connectivity index (χ2n) is 6.69. The van der Waals surface area contributed by atoms with Crippen LogP contribution in [0.4, 0.5) is 15.3 Å². The van der Waals surface area contributed by atoms with Crippen molar-refractivity contribution in [3.63, 3.8) is 0 Å². The van der Waals surface area contributed by atoms with Crippen LogP contribution in [0.1, 0.15) is 27.7 Å². The van der Waals surface area contributed by atoms with E-state index in [-0.39, 0.29) is 12.7 Å². The molecule has 0 radical (unpaired) electrons. The Morgan fingerprint density at radius 2 is 1.72 bits per heavy atom. The molecule has 0 heterocycles. The number of amides is 2. The molecule has 134 valence electrons. The number of nitrogens with one attached hydrogen (secondary N) is 2. The van der Waals surface area contributed by atoms with Gasteiger partial charge in [0.1, 0.15) is 6.61 Å².